The number of carbonyl (C=O) groups excluding carboxylic acids is 2. The summed E-state index contributed by atoms with van der Waals surface area (Å²) in [5, 5.41) is 109. The number of aliphatic hydroxyl groups excluding tert-OH is 10. The molecule has 9 rings (SSSR count). The van der Waals surface area contributed by atoms with E-state index in [1.165, 1.54) is 19.6 Å². The number of hydrogen-bond acceptors (Lipinski definition) is 23. The summed E-state index contributed by atoms with van der Waals surface area (Å²) in [6, 6.07) is 0. The summed E-state index contributed by atoms with van der Waals surface area (Å²) in [5.41, 5.74) is -0.490. The number of esters is 2. The van der Waals surface area contributed by atoms with Crippen molar-refractivity contribution in [2.75, 3.05) is 33.5 Å². The summed E-state index contributed by atoms with van der Waals surface area (Å²) >= 11 is 0. The largest absolute Gasteiger partial charge is 0.462 e. The third kappa shape index (κ3) is 10.2. The first-order valence-corrected chi connectivity index (χ1v) is 27.8. The summed E-state index contributed by atoms with van der Waals surface area (Å²) in [7, 11) is 1.21. The molecule has 0 aromatic heterocycles. The van der Waals surface area contributed by atoms with Gasteiger partial charge in [0.25, 0.3) is 0 Å². The Bertz CT molecular complexity index is 2180. The molecule has 27 atom stereocenters. The molecular weight excluding hydrogens is 1030 g/mol. The Hall–Kier alpha value is -2.34. The van der Waals surface area contributed by atoms with Crippen molar-refractivity contribution in [2.24, 2.45) is 39.4 Å². The molecule has 9 aliphatic rings. The number of cyclic esters (lactones) is 1. The van der Waals surface area contributed by atoms with Crippen molar-refractivity contribution in [3.63, 3.8) is 0 Å². The molecule has 23 nitrogen and oxygen atoms in total. The molecule has 0 bridgehead atoms. The van der Waals surface area contributed by atoms with Crippen LogP contribution in [-0.4, -0.2) is 225 Å². The number of allylic oxidation sites excluding steroid dienone is 2. The van der Waals surface area contributed by atoms with E-state index in [0.717, 1.165) is 31.3 Å². The summed E-state index contributed by atoms with van der Waals surface area (Å²) in [6.45, 7) is 16.0. The van der Waals surface area contributed by atoms with Crippen molar-refractivity contribution >= 4 is 11.9 Å². The van der Waals surface area contributed by atoms with Crippen LogP contribution in [0.2, 0.25) is 0 Å². The maximum absolute atomic E-state index is 14.6. The molecule has 10 N–H and O–H groups in total. The molecule has 1 spiro atoms. The molecule has 0 amide bonds. The van der Waals surface area contributed by atoms with E-state index in [1.807, 2.05) is 13.8 Å². The quantitative estimate of drug-likeness (QED) is 0.0705. The van der Waals surface area contributed by atoms with E-state index in [2.05, 4.69) is 40.3 Å². The highest BCUT2D eigenvalue weighted by molar-refractivity contribution is 5.83. The van der Waals surface area contributed by atoms with Gasteiger partial charge in [-0.25, -0.2) is 0 Å². The first-order chi connectivity index (χ1) is 36.7. The second-order valence-electron chi connectivity index (χ2n) is 25.2. The van der Waals surface area contributed by atoms with Crippen molar-refractivity contribution < 1.29 is 113 Å². The molecule has 0 aromatic rings. The number of methoxy groups -OCH3 is 1. The molecule has 5 saturated heterocycles. The Morgan fingerprint density at radius 1 is 0.692 bits per heavy atom. The Labute approximate surface area is 455 Å². The van der Waals surface area contributed by atoms with E-state index in [9.17, 15) is 60.7 Å². The lowest BCUT2D eigenvalue weighted by Gasteiger charge is -2.64. The Balaban J connectivity index is 0.868. The van der Waals surface area contributed by atoms with Crippen LogP contribution in [0, 0.1) is 39.4 Å². The molecule has 8 fully saturated rings. The van der Waals surface area contributed by atoms with Gasteiger partial charge in [-0.2, -0.15) is 0 Å². The highest BCUT2D eigenvalue weighted by Gasteiger charge is 2.76. The summed E-state index contributed by atoms with van der Waals surface area (Å²) in [5.74, 6) is -0.346. The zero-order chi connectivity index (χ0) is 56.8. The van der Waals surface area contributed by atoms with E-state index < -0.39 is 164 Å². The van der Waals surface area contributed by atoms with Crippen LogP contribution in [0.5, 0.6) is 0 Å². The van der Waals surface area contributed by atoms with E-state index in [1.54, 1.807) is 0 Å². The van der Waals surface area contributed by atoms with E-state index >= 15 is 0 Å². The maximum Gasteiger partial charge on any atom is 0.313 e. The Kier molecular flexibility index (Phi) is 17.5. The fourth-order valence-corrected chi connectivity index (χ4v) is 16.2. The topological polar surface area (TPSA) is 338 Å². The van der Waals surface area contributed by atoms with Crippen LogP contribution in [0.4, 0.5) is 0 Å². The molecule has 78 heavy (non-hydrogen) atoms. The van der Waals surface area contributed by atoms with Crippen LogP contribution in [0.3, 0.4) is 0 Å². The molecule has 23 heteroatoms. The lowest BCUT2D eigenvalue weighted by Crippen LogP contribution is -2.66. The maximum atomic E-state index is 14.6. The molecule has 444 valence electrons. The van der Waals surface area contributed by atoms with Crippen LogP contribution < -0.4 is 0 Å². The van der Waals surface area contributed by atoms with Gasteiger partial charge in [0.15, 0.2) is 25.2 Å². The zero-order valence-corrected chi connectivity index (χ0v) is 46.0. The monoisotopic (exact) mass is 1110 g/mol. The summed E-state index contributed by atoms with van der Waals surface area (Å²) < 4.78 is 65.2. The van der Waals surface area contributed by atoms with E-state index in [4.69, 9.17) is 52.1 Å². The average molecular weight is 1120 g/mol. The molecule has 3 saturated carbocycles. The van der Waals surface area contributed by atoms with Crippen LogP contribution in [-0.2, 0) is 61.7 Å². The predicted molar refractivity (Wildman–Crippen MR) is 267 cm³/mol. The molecule has 0 radical (unpaired) electrons. The fraction of sp³-hybridized carbons (Fsp3) is 0.891. The van der Waals surface area contributed by atoms with Crippen LogP contribution in [0.1, 0.15) is 106 Å². The van der Waals surface area contributed by atoms with Crippen molar-refractivity contribution in [2.45, 2.75) is 235 Å². The molecule has 0 aromatic carbocycles. The van der Waals surface area contributed by atoms with Crippen LogP contribution in [0.25, 0.3) is 0 Å². The summed E-state index contributed by atoms with van der Waals surface area (Å²) in [6.07, 6.45) is -21.0. The molecule has 27 unspecified atom stereocenters. The van der Waals surface area contributed by atoms with Gasteiger partial charge in [-0.3, -0.25) is 9.59 Å². The highest BCUT2D eigenvalue weighted by Crippen LogP contribution is 2.76. The van der Waals surface area contributed by atoms with Gasteiger partial charge >= 0.3 is 11.9 Å². The minimum atomic E-state index is -1.94. The minimum absolute atomic E-state index is 0.0632. The van der Waals surface area contributed by atoms with Crippen LogP contribution in [0.15, 0.2) is 23.8 Å². The summed E-state index contributed by atoms with van der Waals surface area (Å²) in [4.78, 5) is 26.7. The smallest absolute Gasteiger partial charge is 0.313 e. The molecule has 4 aliphatic carbocycles. The molecule has 5 aliphatic heterocycles. The van der Waals surface area contributed by atoms with Gasteiger partial charge in [-0.1, -0.05) is 44.9 Å². The van der Waals surface area contributed by atoms with E-state index in [0.29, 0.717) is 32.1 Å². The van der Waals surface area contributed by atoms with Gasteiger partial charge in [0.05, 0.1) is 37.9 Å². The van der Waals surface area contributed by atoms with Crippen molar-refractivity contribution in [3.8, 4) is 0 Å². The van der Waals surface area contributed by atoms with E-state index in [-0.39, 0.29) is 41.7 Å². The lowest BCUT2D eigenvalue weighted by atomic mass is 9.41. The molecule has 5 heterocycles. The van der Waals surface area contributed by atoms with Gasteiger partial charge in [-0.15, -0.1) is 6.58 Å². The zero-order valence-electron chi connectivity index (χ0n) is 46.0. The second-order valence-corrected chi connectivity index (χ2v) is 25.2. The van der Waals surface area contributed by atoms with Gasteiger partial charge < -0.3 is 103 Å². The fourth-order valence-electron chi connectivity index (χ4n) is 16.2. The number of hydrogen-bond donors (Lipinski definition) is 10. The first-order valence-electron chi connectivity index (χ1n) is 27.8. The SMILES string of the molecule is C=C(C)CC(CC1(C)OC(=O)C23CCC4C(=CCC5C(C)(C)C(OC6OCC(O)C(O)C6OC6OC(CO)C(OC7OCC(O)C(OC8OC(CO)C(O)C(OC)C8O)C7O)C(O)C6O)CCC45C)C2(C)CCC13)OC(C)=O. The van der Waals surface area contributed by atoms with Crippen molar-refractivity contribution in [3.05, 3.63) is 23.8 Å². The first kappa shape index (κ1) is 60.3. The lowest BCUT2D eigenvalue weighted by molar-refractivity contribution is -0.385. The van der Waals surface area contributed by atoms with Gasteiger partial charge in [0.1, 0.15) is 97.2 Å². The van der Waals surface area contributed by atoms with Gasteiger partial charge in [0, 0.05) is 38.2 Å². The Morgan fingerprint density at radius 2 is 1.32 bits per heavy atom. The van der Waals surface area contributed by atoms with Crippen molar-refractivity contribution in [1.82, 2.24) is 0 Å². The van der Waals surface area contributed by atoms with Gasteiger partial charge in [0.2, 0.25) is 0 Å². The third-order valence-electron chi connectivity index (χ3n) is 20.1. The third-order valence-corrected chi connectivity index (χ3v) is 20.1. The number of carbonyl (C=O) groups is 2. The Morgan fingerprint density at radius 3 is 1.99 bits per heavy atom. The normalized spacial score (nSPS) is 50.3. The van der Waals surface area contributed by atoms with Crippen LogP contribution >= 0.6 is 0 Å². The number of rotatable bonds is 16. The molecular formula is C55H86O23. The van der Waals surface area contributed by atoms with Gasteiger partial charge in [-0.05, 0) is 81.5 Å². The number of fused-ring (bicyclic) bond motifs is 4. The number of ether oxygens (including phenoxy) is 11. The minimum Gasteiger partial charge on any atom is -0.462 e. The van der Waals surface area contributed by atoms with Crippen molar-refractivity contribution in [1.29, 1.82) is 0 Å². The second kappa shape index (κ2) is 22.7. The predicted octanol–water partition coefficient (Wildman–Crippen LogP) is -0.235. The number of aliphatic hydroxyl groups is 10. The average Bonchev–Trinajstić information content (AvgIpc) is 2.56. The highest BCUT2D eigenvalue weighted by atomic mass is 16.8. The standard InChI is InChI=1S/C55H86O23/c1-24(2)18-26(71-25(3)58)19-54(8)34-13-16-53(7)28-10-11-33-51(4,5)35(14-15-52(33,6)27(28)12-17-55(34,53)50(67)78-54)74-49-45(36(61)29(59)22-70-49)77-47-39(64)38(63)43(32(21-57)73-47)76-46-40(65)42(30(60)23-69-46)75-48-41(66)44(68-9)37(62)31(20-56)72-48/h10,26-27,29-49,56-57,59-66H,1,11-23H2,2-9H3.